The molecule has 98 valence electrons. The highest BCUT2D eigenvalue weighted by atomic mass is 19.1. The van der Waals surface area contributed by atoms with Crippen LogP contribution in [0.4, 0.5) is 8.78 Å². The minimum Gasteiger partial charge on any atom is -0.305 e. The molecule has 0 aliphatic heterocycles. The lowest BCUT2D eigenvalue weighted by Crippen LogP contribution is -2.16. The van der Waals surface area contributed by atoms with E-state index in [1.54, 1.807) is 24.1 Å². The zero-order valence-electron chi connectivity index (χ0n) is 10.2. The van der Waals surface area contributed by atoms with Gasteiger partial charge in [0.2, 0.25) is 0 Å². The number of nitriles is 1. The van der Waals surface area contributed by atoms with Gasteiger partial charge in [-0.3, -0.25) is 4.68 Å². The van der Waals surface area contributed by atoms with Crippen LogP contribution in [0.2, 0.25) is 0 Å². The highest BCUT2D eigenvalue weighted by Gasteiger charge is 2.11. The van der Waals surface area contributed by atoms with Crippen LogP contribution in [-0.2, 0) is 20.1 Å². The average Bonchev–Trinajstić information content (AvgIpc) is 2.78. The summed E-state index contributed by atoms with van der Waals surface area (Å²) in [6.07, 6.45) is 1.54. The quantitative estimate of drug-likeness (QED) is 0.901. The molecule has 0 radical (unpaired) electrons. The molecule has 0 aliphatic carbocycles. The number of aryl methyl sites for hydroxylation is 1. The number of halogens is 2. The van der Waals surface area contributed by atoms with Crippen LogP contribution in [-0.4, -0.2) is 14.8 Å². The molecule has 5 nitrogen and oxygen atoms in total. The summed E-state index contributed by atoms with van der Waals surface area (Å²) in [5.74, 6) is -0.937. The van der Waals surface area contributed by atoms with Gasteiger partial charge in [0.05, 0.1) is 18.2 Å². The lowest BCUT2D eigenvalue weighted by molar-refractivity contribution is 0.531. The van der Waals surface area contributed by atoms with Crippen LogP contribution in [0.3, 0.4) is 0 Å². The van der Waals surface area contributed by atoms with Gasteiger partial charge in [-0.25, -0.2) is 13.8 Å². The smallest absolute Gasteiger partial charge is 0.164 e. The monoisotopic (exact) mass is 263 g/mol. The Morgan fingerprint density at radius 1 is 1.32 bits per heavy atom. The van der Waals surface area contributed by atoms with Gasteiger partial charge in [-0.1, -0.05) is 0 Å². The highest BCUT2D eigenvalue weighted by molar-refractivity contribution is 5.34. The van der Waals surface area contributed by atoms with E-state index in [0.29, 0.717) is 12.4 Å². The largest absolute Gasteiger partial charge is 0.305 e. The molecular formula is C12H11F2N5. The first-order valence-corrected chi connectivity index (χ1v) is 5.53. The summed E-state index contributed by atoms with van der Waals surface area (Å²) < 4.78 is 28.7. The van der Waals surface area contributed by atoms with E-state index in [9.17, 15) is 8.78 Å². The van der Waals surface area contributed by atoms with Crippen molar-refractivity contribution in [1.82, 2.24) is 20.1 Å². The van der Waals surface area contributed by atoms with E-state index in [2.05, 4.69) is 15.4 Å². The lowest BCUT2D eigenvalue weighted by Gasteiger charge is -2.06. The van der Waals surface area contributed by atoms with Crippen molar-refractivity contribution in [2.75, 3.05) is 0 Å². The summed E-state index contributed by atoms with van der Waals surface area (Å²) >= 11 is 0. The van der Waals surface area contributed by atoms with Crippen molar-refractivity contribution >= 4 is 0 Å². The highest BCUT2D eigenvalue weighted by Crippen LogP contribution is 2.14. The van der Waals surface area contributed by atoms with Gasteiger partial charge in [0, 0.05) is 19.2 Å². The zero-order valence-corrected chi connectivity index (χ0v) is 10.2. The third-order valence-electron chi connectivity index (χ3n) is 2.50. The van der Waals surface area contributed by atoms with Gasteiger partial charge in [0.15, 0.2) is 5.82 Å². The van der Waals surface area contributed by atoms with Crippen molar-refractivity contribution in [2.45, 2.75) is 13.1 Å². The van der Waals surface area contributed by atoms with E-state index in [1.807, 2.05) is 0 Å². The Balaban J connectivity index is 2.02. The van der Waals surface area contributed by atoms with Gasteiger partial charge < -0.3 is 5.32 Å². The molecule has 0 saturated carbocycles. The maximum atomic E-state index is 13.6. The summed E-state index contributed by atoms with van der Waals surface area (Å²) in [5.41, 5.74) is -0.139. The number of aromatic nitrogens is 3. The minimum atomic E-state index is -0.738. The molecule has 0 fully saturated rings. The molecule has 19 heavy (non-hydrogen) atoms. The van der Waals surface area contributed by atoms with Crippen LogP contribution < -0.4 is 5.32 Å². The van der Waals surface area contributed by atoms with Crippen LogP contribution in [0.25, 0.3) is 0 Å². The Labute approximate surface area is 108 Å². The molecule has 0 aliphatic rings. The topological polar surface area (TPSA) is 66.5 Å². The molecule has 7 heteroatoms. The van der Waals surface area contributed by atoms with Gasteiger partial charge in [0.1, 0.15) is 18.0 Å². The fourth-order valence-electron chi connectivity index (χ4n) is 1.60. The molecule has 1 heterocycles. The Bertz CT molecular complexity index is 606. The molecule has 0 atom stereocenters. The Morgan fingerprint density at radius 2 is 2.00 bits per heavy atom. The van der Waals surface area contributed by atoms with Crippen molar-refractivity contribution in [1.29, 1.82) is 5.26 Å². The first-order valence-electron chi connectivity index (χ1n) is 5.53. The molecular weight excluding hydrogens is 252 g/mol. The van der Waals surface area contributed by atoms with E-state index >= 15 is 0 Å². The zero-order chi connectivity index (χ0) is 13.8. The number of hydrogen-bond acceptors (Lipinski definition) is 4. The van der Waals surface area contributed by atoms with Crippen LogP contribution in [0, 0.1) is 23.0 Å². The Hall–Kier alpha value is -2.33. The molecule has 1 aromatic heterocycles. The first kappa shape index (κ1) is 13.1. The van der Waals surface area contributed by atoms with Gasteiger partial charge in [-0.05, 0) is 12.1 Å². The number of nitrogens with zero attached hydrogens (tertiary/aromatic N) is 4. The summed E-state index contributed by atoms with van der Waals surface area (Å²) in [7, 11) is 1.73. The summed E-state index contributed by atoms with van der Waals surface area (Å²) in [6, 6.07) is 3.72. The summed E-state index contributed by atoms with van der Waals surface area (Å²) in [6.45, 7) is 0.307. The van der Waals surface area contributed by atoms with Crippen LogP contribution in [0.1, 0.15) is 17.0 Å². The number of rotatable bonds is 4. The lowest BCUT2D eigenvalue weighted by atomic mass is 10.1. The fraction of sp³-hybridized carbons (Fsp3) is 0.250. The van der Waals surface area contributed by atoms with Gasteiger partial charge in [-0.15, -0.1) is 0 Å². The minimum absolute atomic E-state index is 0.00162. The van der Waals surface area contributed by atoms with Crippen molar-refractivity contribution < 1.29 is 8.78 Å². The third kappa shape index (κ3) is 3.11. The number of nitrogens with one attached hydrogen (secondary N) is 1. The maximum absolute atomic E-state index is 13.6. The van der Waals surface area contributed by atoms with E-state index in [4.69, 9.17) is 5.26 Å². The Morgan fingerprint density at radius 3 is 2.53 bits per heavy atom. The standard InChI is InChI=1S/C12H11F2N5/c1-19-7-17-12(18-19)6-16-5-9-10(13)2-8(4-15)3-11(9)14/h2-3,7,16H,5-6H2,1H3. The van der Waals surface area contributed by atoms with Crippen molar-refractivity contribution in [2.24, 2.45) is 7.05 Å². The normalized spacial score (nSPS) is 10.4. The SMILES string of the molecule is Cn1cnc(CNCc2c(F)cc(C#N)cc2F)n1. The summed E-state index contributed by atoms with van der Waals surface area (Å²) in [4.78, 5) is 3.98. The van der Waals surface area contributed by atoms with Crippen LogP contribution >= 0.6 is 0 Å². The second kappa shape index (κ2) is 5.54. The van der Waals surface area contributed by atoms with Gasteiger partial charge >= 0.3 is 0 Å². The second-order valence-corrected chi connectivity index (χ2v) is 3.97. The van der Waals surface area contributed by atoms with E-state index in [0.717, 1.165) is 12.1 Å². The van der Waals surface area contributed by atoms with Crippen LogP contribution in [0.15, 0.2) is 18.5 Å². The van der Waals surface area contributed by atoms with E-state index in [-0.39, 0.29) is 17.7 Å². The molecule has 0 saturated heterocycles. The third-order valence-corrected chi connectivity index (χ3v) is 2.50. The fourth-order valence-corrected chi connectivity index (χ4v) is 1.60. The Kier molecular flexibility index (Phi) is 3.82. The predicted octanol–water partition coefficient (Wildman–Crippen LogP) is 1.25. The van der Waals surface area contributed by atoms with Gasteiger partial charge in [0.25, 0.3) is 0 Å². The molecule has 0 amide bonds. The molecule has 2 rings (SSSR count). The number of benzene rings is 1. The van der Waals surface area contributed by atoms with E-state index < -0.39 is 11.6 Å². The molecule has 0 bridgehead atoms. The van der Waals surface area contributed by atoms with Crippen LogP contribution in [0.5, 0.6) is 0 Å². The van der Waals surface area contributed by atoms with Crippen molar-refractivity contribution in [3.05, 3.63) is 47.0 Å². The van der Waals surface area contributed by atoms with Gasteiger partial charge in [-0.2, -0.15) is 10.4 Å². The second-order valence-electron chi connectivity index (χ2n) is 3.97. The average molecular weight is 263 g/mol. The van der Waals surface area contributed by atoms with Crippen molar-refractivity contribution in [3.8, 4) is 6.07 Å². The molecule has 1 N–H and O–H groups in total. The molecule has 0 spiro atoms. The van der Waals surface area contributed by atoms with E-state index in [1.165, 1.54) is 0 Å². The summed E-state index contributed by atoms with van der Waals surface area (Å²) in [5, 5.41) is 15.5. The number of hydrogen-bond donors (Lipinski definition) is 1. The van der Waals surface area contributed by atoms with Crippen molar-refractivity contribution in [3.63, 3.8) is 0 Å². The molecule has 0 unspecified atom stereocenters. The molecule has 2 aromatic rings. The first-order chi connectivity index (χ1) is 9.10. The predicted molar refractivity (Wildman–Crippen MR) is 62.6 cm³/mol. The molecule has 1 aromatic carbocycles. The maximum Gasteiger partial charge on any atom is 0.164 e.